The summed E-state index contributed by atoms with van der Waals surface area (Å²) in [4.78, 5) is 0. The van der Waals surface area contributed by atoms with Crippen molar-refractivity contribution in [1.29, 1.82) is 5.53 Å². The Morgan fingerprint density at radius 1 is 0.688 bits per heavy atom. The maximum absolute atomic E-state index is 7.16. The van der Waals surface area contributed by atoms with Crippen molar-refractivity contribution in [1.82, 2.24) is 0 Å². The van der Waals surface area contributed by atoms with Crippen LogP contribution in [-0.2, 0) is 0 Å². The molecule has 2 heteroatoms. The lowest BCUT2D eigenvalue weighted by molar-refractivity contribution is 1.16. The predicted molar refractivity (Wildman–Crippen MR) is 66.3 cm³/mol. The van der Waals surface area contributed by atoms with E-state index in [1.54, 1.807) is 0 Å². The molecule has 0 radical (unpaired) electrons. The number of hydrogen-bond donors (Lipinski definition) is 1. The lowest BCUT2D eigenvalue weighted by atomic mass is 10.0. The highest BCUT2D eigenvalue weighted by molar-refractivity contribution is 6.10. The molecule has 0 bridgehead atoms. The lowest BCUT2D eigenvalue weighted by Gasteiger charge is -2.04. The van der Waals surface area contributed by atoms with Crippen LogP contribution in [0.15, 0.2) is 59.7 Å². The van der Waals surface area contributed by atoms with Gasteiger partial charge in [0.1, 0.15) is 0 Å². The van der Waals surface area contributed by atoms with Gasteiger partial charge >= 0.3 is 0 Å². The van der Waals surface area contributed by atoms with E-state index in [2.05, 4.69) is 29.4 Å². The van der Waals surface area contributed by atoms with Crippen LogP contribution in [0.2, 0.25) is 0 Å². The standard InChI is InChI=1S/C14H10N2/c15-16-14-7-3-6-12-11-5-2-1-4-10(11)8-9-13(12)14/h1-9,15H. The first-order valence-corrected chi connectivity index (χ1v) is 5.18. The second kappa shape index (κ2) is 3.42. The third-order valence-corrected chi connectivity index (χ3v) is 2.88. The van der Waals surface area contributed by atoms with Gasteiger partial charge in [-0.1, -0.05) is 48.5 Å². The van der Waals surface area contributed by atoms with E-state index < -0.39 is 0 Å². The molecule has 0 aromatic heterocycles. The van der Waals surface area contributed by atoms with E-state index in [1.165, 1.54) is 10.8 Å². The molecule has 76 valence electrons. The van der Waals surface area contributed by atoms with E-state index in [4.69, 9.17) is 5.53 Å². The van der Waals surface area contributed by atoms with Crippen molar-refractivity contribution < 1.29 is 0 Å². The predicted octanol–water partition coefficient (Wildman–Crippen LogP) is 4.66. The number of fused-ring (bicyclic) bond motifs is 3. The Labute approximate surface area is 93.0 Å². The summed E-state index contributed by atoms with van der Waals surface area (Å²) in [7, 11) is 0. The molecule has 0 aliphatic carbocycles. The molecule has 0 amide bonds. The van der Waals surface area contributed by atoms with Crippen LogP contribution >= 0.6 is 0 Å². The average Bonchev–Trinajstić information content (AvgIpc) is 2.37. The highest BCUT2D eigenvalue weighted by Gasteiger charge is 2.02. The van der Waals surface area contributed by atoms with E-state index >= 15 is 0 Å². The van der Waals surface area contributed by atoms with E-state index in [-0.39, 0.29) is 0 Å². The Kier molecular flexibility index (Phi) is 1.93. The molecule has 0 fully saturated rings. The van der Waals surface area contributed by atoms with Crippen molar-refractivity contribution in [3.8, 4) is 0 Å². The molecule has 3 aromatic carbocycles. The number of rotatable bonds is 1. The molecule has 0 aliphatic rings. The summed E-state index contributed by atoms with van der Waals surface area (Å²) in [6.45, 7) is 0. The third kappa shape index (κ3) is 1.20. The number of benzene rings is 3. The lowest BCUT2D eigenvalue weighted by Crippen LogP contribution is -1.77. The maximum Gasteiger partial charge on any atom is 0.0928 e. The van der Waals surface area contributed by atoms with Crippen molar-refractivity contribution in [2.45, 2.75) is 0 Å². The van der Waals surface area contributed by atoms with E-state index in [0.29, 0.717) is 0 Å². The van der Waals surface area contributed by atoms with Gasteiger partial charge in [0.25, 0.3) is 0 Å². The highest BCUT2D eigenvalue weighted by atomic mass is 15.0. The van der Waals surface area contributed by atoms with Crippen molar-refractivity contribution in [3.63, 3.8) is 0 Å². The minimum Gasteiger partial charge on any atom is -0.204 e. The van der Waals surface area contributed by atoms with Gasteiger partial charge in [-0.3, -0.25) is 0 Å². The van der Waals surface area contributed by atoms with E-state index in [1.807, 2.05) is 30.3 Å². The SMILES string of the molecule is N=Nc1cccc2c1ccc1ccccc12. The number of nitrogens with zero attached hydrogens (tertiary/aromatic N) is 1. The number of nitrogens with one attached hydrogen (secondary N) is 1. The summed E-state index contributed by atoms with van der Waals surface area (Å²) in [5, 5.41) is 8.19. The first kappa shape index (κ1) is 9.04. The van der Waals surface area contributed by atoms with E-state index in [0.717, 1.165) is 16.5 Å². The van der Waals surface area contributed by atoms with Crippen LogP contribution in [-0.4, -0.2) is 0 Å². The molecule has 0 saturated carbocycles. The molecular formula is C14H10N2. The van der Waals surface area contributed by atoms with Crippen LogP contribution in [0.5, 0.6) is 0 Å². The second-order valence-corrected chi connectivity index (χ2v) is 3.77. The normalized spacial score (nSPS) is 10.8. The molecular weight excluding hydrogens is 196 g/mol. The Morgan fingerprint density at radius 3 is 2.38 bits per heavy atom. The van der Waals surface area contributed by atoms with E-state index in [9.17, 15) is 0 Å². The molecule has 2 nitrogen and oxygen atoms in total. The molecule has 0 unspecified atom stereocenters. The van der Waals surface area contributed by atoms with Gasteiger partial charge in [0.2, 0.25) is 0 Å². The van der Waals surface area contributed by atoms with Gasteiger partial charge in [-0.25, -0.2) is 5.53 Å². The summed E-state index contributed by atoms with van der Waals surface area (Å²) in [6.07, 6.45) is 0. The first-order valence-electron chi connectivity index (χ1n) is 5.18. The fourth-order valence-corrected chi connectivity index (χ4v) is 2.12. The third-order valence-electron chi connectivity index (χ3n) is 2.88. The van der Waals surface area contributed by atoms with Gasteiger partial charge in [0.15, 0.2) is 0 Å². The summed E-state index contributed by atoms with van der Waals surface area (Å²) in [5.41, 5.74) is 7.88. The van der Waals surface area contributed by atoms with Crippen molar-refractivity contribution >= 4 is 27.2 Å². The first-order chi connectivity index (χ1) is 7.90. The molecule has 0 atom stereocenters. The van der Waals surface area contributed by atoms with Gasteiger partial charge in [0, 0.05) is 5.39 Å². The van der Waals surface area contributed by atoms with Gasteiger partial charge in [-0.15, -0.1) is 0 Å². The highest BCUT2D eigenvalue weighted by Crippen LogP contribution is 2.31. The zero-order valence-electron chi connectivity index (χ0n) is 8.64. The Bertz CT molecular complexity index is 686. The quantitative estimate of drug-likeness (QED) is 0.444. The second-order valence-electron chi connectivity index (χ2n) is 3.77. The summed E-state index contributed by atoms with van der Waals surface area (Å²) in [5.74, 6) is 0. The van der Waals surface area contributed by atoms with Crippen molar-refractivity contribution in [2.75, 3.05) is 0 Å². The topological polar surface area (TPSA) is 36.2 Å². The zero-order valence-corrected chi connectivity index (χ0v) is 8.64. The average molecular weight is 206 g/mol. The van der Waals surface area contributed by atoms with Gasteiger partial charge in [-0.05, 0) is 22.2 Å². The molecule has 3 aromatic rings. The number of hydrogen-bond acceptors (Lipinski definition) is 2. The molecule has 3 rings (SSSR count). The van der Waals surface area contributed by atoms with Crippen LogP contribution in [0.1, 0.15) is 0 Å². The summed E-state index contributed by atoms with van der Waals surface area (Å²) < 4.78 is 0. The van der Waals surface area contributed by atoms with Gasteiger partial charge in [0.05, 0.1) is 5.69 Å². The van der Waals surface area contributed by atoms with Crippen molar-refractivity contribution in [3.05, 3.63) is 54.6 Å². The Morgan fingerprint density at radius 2 is 1.50 bits per heavy atom. The van der Waals surface area contributed by atoms with Crippen LogP contribution in [0.4, 0.5) is 5.69 Å². The monoisotopic (exact) mass is 206 g/mol. The largest absolute Gasteiger partial charge is 0.204 e. The van der Waals surface area contributed by atoms with Gasteiger partial charge < -0.3 is 0 Å². The van der Waals surface area contributed by atoms with Crippen LogP contribution < -0.4 is 0 Å². The minimum absolute atomic E-state index is 0.725. The Hall–Kier alpha value is -2.22. The molecule has 0 spiro atoms. The maximum atomic E-state index is 7.16. The van der Waals surface area contributed by atoms with Crippen LogP contribution in [0, 0.1) is 5.53 Å². The van der Waals surface area contributed by atoms with Crippen molar-refractivity contribution in [2.24, 2.45) is 5.11 Å². The molecule has 0 aliphatic heterocycles. The zero-order chi connectivity index (χ0) is 11.0. The molecule has 0 saturated heterocycles. The molecule has 0 heterocycles. The molecule has 16 heavy (non-hydrogen) atoms. The van der Waals surface area contributed by atoms with Gasteiger partial charge in [-0.2, -0.15) is 5.11 Å². The van der Waals surface area contributed by atoms with Crippen LogP contribution in [0.25, 0.3) is 21.5 Å². The fraction of sp³-hybridized carbons (Fsp3) is 0. The smallest absolute Gasteiger partial charge is 0.0928 e. The van der Waals surface area contributed by atoms with Crippen LogP contribution in [0.3, 0.4) is 0 Å². The minimum atomic E-state index is 0.725. The summed E-state index contributed by atoms with van der Waals surface area (Å²) in [6, 6.07) is 18.3. The summed E-state index contributed by atoms with van der Waals surface area (Å²) >= 11 is 0. The molecule has 1 N–H and O–H groups in total. The fourth-order valence-electron chi connectivity index (χ4n) is 2.12. The Balaban J connectivity index is 2.57.